The van der Waals surface area contributed by atoms with Crippen LogP contribution >= 0.6 is 0 Å². The number of carbonyl (C=O) groups is 1. The third-order valence-corrected chi connectivity index (χ3v) is 3.96. The smallest absolute Gasteiger partial charge is 0.240 e. The molecular weight excluding hydrogens is 290 g/mol. The molecule has 5 heteroatoms. The van der Waals surface area contributed by atoms with Gasteiger partial charge in [0, 0.05) is 23.5 Å². The molecular formula is C18H15N3O2. The predicted octanol–water partition coefficient (Wildman–Crippen LogP) is 3.35. The van der Waals surface area contributed by atoms with Gasteiger partial charge in [0.1, 0.15) is 5.52 Å². The molecule has 3 aromatic rings. The van der Waals surface area contributed by atoms with Crippen LogP contribution in [-0.2, 0) is 4.79 Å². The summed E-state index contributed by atoms with van der Waals surface area (Å²) in [6, 6.07) is 15.6. The lowest BCUT2D eigenvalue weighted by Crippen LogP contribution is -2.31. The number of aromatic nitrogens is 1. The van der Waals surface area contributed by atoms with Crippen molar-refractivity contribution < 1.29 is 9.21 Å². The average Bonchev–Trinajstić information content (AvgIpc) is 2.99. The van der Waals surface area contributed by atoms with Gasteiger partial charge in [-0.3, -0.25) is 4.79 Å². The van der Waals surface area contributed by atoms with Crippen LogP contribution in [0.3, 0.4) is 0 Å². The van der Waals surface area contributed by atoms with E-state index in [2.05, 4.69) is 15.5 Å². The number of hydrogen-bond acceptors (Lipinski definition) is 4. The molecule has 0 fully saturated rings. The van der Waals surface area contributed by atoms with E-state index in [-0.39, 0.29) is 11.8 Å². The monoisotopic (exact) mass is 305 g/mol. The van der Waals surface area contributed by atoms with Crippen LogP contribution < -0.4 is 5.43 Å². The molecule has 1 amide bonds. The van der Waals surface area contributed by atoms with Gasteiger partial charge in [-0.05, 0) is 24.3 Å². The second kappa shape index (κ2) is 5.35. The minimum Gasteiger partial charge on any atom is -0.436 e. The van der Waals surface area contributed by atoms with E-state index in [9.17, 15) is 4.79 Å². The number of oxazole rings is 1. The van der Waals surface area contributed by atoms with Gasteiger partial charge in [-0.15, -0.1) is 0 Å². The molecule has 5 nitrogen and oxygen atoms in total. The highest BCUT2D eigenvalue weighted by Gasteiger charge is 2.22. The molecule has 23 heavy (non-hydrogen) atoms. The molecule has 0 spiro atoms. The fraction of sp³-hybridized carbons (Fsp3) is 0.167. The van der Waals surface area contributed by atoms with E-state index < -0.39 is 0 Å². The number of rotatable bonds is 2. The minimum absolute atomic E-state index is 0.0478. The molecule has 0 bridgehead atoms. The molecule has 2 aromatic carbocycles. The van der Waals surface area contributed by atoms with Gasteiger partial charge in [0.15, 0.2) is 5.58 Å². The summed E-state index contributed by atoms with van der Waals surface area (Å²) in [4.78, 5) is 15.9. The first kappa shape index (κ1) is 13.7. The highest BCUT2D eigenvalue weighted by molar-refractivity contribution is 6.07. The zero-order valence-corrected chi connectivity index (χ0v) is 12.6. The number of nitrogens with one attached hydrogen (secondary N) is 1. The van der Waals surface area contributed by atoms with Gasteiger partial charge in [0.25, 0.3) is 0 Å². The van der Waals surface area contributed by atoms with Gasteiger partial charge in [0.2, 0.25) is 11.8 Å². The Labute approximate surface area is 133 Å². The van der Waals surface area contributed by atoms with Crippen LogP contribution in [-0.4, -0.2) is 16.6 Å². The van der Waals surface area contributed by atoms with E-state index in [1.54, 1.807) is 0 Å². The van der Waals surface area contributed by atoms with E-state index in [4.69, 9.17) is 4.42 Å². The van der Waals surface area contributed by atoms with Crippen LogP contribution in [0.5, 0.6) is 0 Å². The Morgan fingerprint density at radius 1 is 1.13 bits per heavy atom. The number of hydrogen-bond donors (Lipinski definition) is 1. The van der Waals surface area contributed by atoms with Gasteiger partial charge >= 0.3 is 0 Å². The minimum atomic E-state index is -0.0478. The molecule has 4 rings (SSSR count). The van der Waals surface area contributed by atoms with Crippen LogP contribution in [0.2, 0.25) is 0 Å². The van der Waals surface area contributed by atoms with Crippen molar-refractivity contribution in [2.75, 3.05) is 0 Å². The number of hydrazone groups is 1. The van der Waals surface area contributed by atoms with Crippen molar-refractivity contribution in [3.8, 4) is 11.5 Å². The molecule has 0 aliphatic carbocycles. The lowest BCUT2D eigenvalue weighted by molar-refractivity contribution is -0.121. The van der Waals surface area contributed by atoms with E-state index in [0.29, 0.717) is 17.9 Å². The van der Waals surface area contributed by atoms with Crippen molar-refractivity contribution in [2.45, 2.75) is 13.3 Å². The molecule has 2 heterocycles. The third kappa shape index (κ3) is 2.50. The molecule has 1 atom stereocenters. The summed E-state index contributed by atoms with van der Waals surface area (Å²) in [7, 11) is 0. The van der Waals surface area contributed by atoms with Gasteiger partial charge < -0.3 is 4.42 Å². The highest BCUT2D eigenvalue weighted by Crippen LogP contribution is 2.26. The Morgan fingerprint density at radius 3 is 2.74 bits per heavy atom. The van der Waals surface area contributed by atoms with Crippen molar-refractivity contribution in [3.05, 3.63) is 54.1 Å². The Bertz CT molecular complexity index is 912. The molecule has 0 radical (unpaired) electrons. The molecule has 0 saturated carbocycles. The first-order chi connectivity index (χ1) is 11.2. The predicted molar refractivity (Wildman–Crippen MR) is 87.9 cm³/mol. The summed E-state index contributed by atoms with van der Waals surface area (Å²) < 4.78 is 5.89. The maximum Gasteiger partial charge on any atom is 0.240 e. The molecule has 1 unspecified atom stereocenters. The van der Waals surface area contributed by atoms with Crippen molar-refractivity contribution >= 4 is 22.7 Å². The van der Waals surface area contributed by atoms with Crippen molar-refractivity contribution in [1.82, 2.24) is 10.4 Å². The van der Waals surface area contributed by atoms with Crippen LogP contribution in [0.25, 0.3) is 22.6 Å². The Kier molecular flexibility index (Phi) is 3.19. The van der Waals surface area contributed by atoms with E-state index in [1.807, 2.05) is 55.5 Å². The van der Waals surface area contributed by atoms with Gasteiger partial charge in [-0.25, -0.2) is 10.4 Å². The summed E-state index contributed by atoms with van der Waals surface area (Å²) in [6.45, 7) is 2.00. The van der Waals surface area contributed by atoms with Gasteiger partial charge in [0.05, 0.1) is 5.71 Å². The Balaban J connectivity index is 1.75. The van der Waals surface area contributed by atoms with Gasteiger partial charge in [-0.1, -0.05) is 31.2 Å². The van der Waals surface area contributed by atoms with Gasteiger partial charge in [-0.2, -0.15) is 5.10 Å². The first-order valence-corrected chi connectivity index (χ1v) is 7.53. The largest absolute Gasteiger partial charge is 0.436 e. The number of fused-ring (bicyclic) bond motifs is 1. The fourth-order valence-corrected chi connectivity index (χ4v) is 2.79. The maximum absolute atomic E-state index is 11.4. The molecule has 1 aliphatic heterocycles. The zero-order chi connectivity index (χ0) is 15.8. The summed E-state index contributed by atoms with van der Waals surface area (Å²) >= 11 is 0. The van der Waals surface area contributed by atoms with Crippen molar-refractivity contribution in [1.29, 1.82) is 0 Å². The molecule has 114 valence electrons. The summed E-state index contributed by atoms with van der Waals surface area (Å²) in [5.74, 6) is 0.635. The van der Waals surface area contributed by atoms with Crippen LogP contribution in [0.15, 0.2) is 58.0 Å². The van der Waals surface area contributed by atoms with Crippen LogP contribution in [0.4, 0.5) is 0 Å². The molecule has 1 aromatic heterocycles. The summed E-state index contributed by atoms with van der Waals surface area (Å²) in [5.41, 5.74) is 6.82. The van der Waals surface area contributed by atoms with Crippen LogP contribution in [0.1, 0.15) is 18.9 Å². The normalized spacial score (nSPS) is 17.9. The quantitative estimate of drug-likeness (QED) is 0.789. The number of nitrogens with zero attached hydrogens (tertiary/aromatic N) is 2. The lowest BCUT2D eigenvalue weighted by atomic mass is 9.94. The van der Waals surface area contributed by atoms with E-state index >= 15 is 0 Å². The maximum atomic E-state index is 11.4. The average molecular weight is 305 g/mol. The topological polar surface area (TPSA) is 67.5 Å². The van der Waals surface area contributed by atoms with E-state index in [1.165, 1.54) is 0 Å². The van der Waals surface area contributed by atoms with E-state index in [0.717, 1.165) is 22.4 Å². The summed E-state index contributed by atoms with van der Waals surface area (Å²) in [5, 5.41) is 4.19. The third-order valence-electron chi connectivity index (χ3n) is 3.96. The standard InChI is InChI=1S/C18H15N3O2/c1-11-9-16(22)20-21-17(11)13-7-8-14-15(10-13)23-18(19-14)12-5-3-2-4-6-12/h2-8,10-11H,9H2,1H3,(H,20,22). The number of amides is 1. The summed E-state index contributed by atoms with van der Waals surface area (Å²) in [6.07, 6.45) is 0.447. The number of benzene rings is 2. The van der Waals surface area contributed by atoms with Crippen molar-refractivity contribution in [2.24, 2.45) is 11.0 Å². The first-order valence-electron chi connectivity index (χ1n) is 7.53. The SMILES string of the molecule is CC1CC(=O)NN=C1c1ccc2nc(-c3ccccc3)oc2c1. The Morgan fingerprint density at radius 2 is 1.96 bits per heavy atom. The molecule has 0 saturated heterocycles. The van der Waals surface area contributed by atoms with Crippen molar-refractivity contribution in [3.63, 3.8) is 0 Å². The molecule has 1 N–H and O–H groups in total. The number of carbonyl (C=O) groups excluding carboxylic acids is 1. The Hall–Kier alpha value is -2.95. The second-order valence-corrected chi connectivity index (χ2v) is 5.70. The lowest BCUT2D eigenvalue weighted by Gasteiger charge is -2.18. The molecule has 1 aliphatic rings. The zero-order valence-electron chi connectivity index (χ0n) is 12.6. The fourth-order valence-electron chi connectivity index (χ4n) is 2.79. The highest BCUT2D eigenvalue weighted by atomic mass is 16.3. The second-order valence-electron chi connectivity index (χ2n) is 5.70. The van der Waals surface area contributed by atoms with Crippen LogP contribution in [0, 0.1) is 5.92 Å².